The number of hydrogen-bond donors (Lipinski definition) is 1. The van der Waals surface area contributed by atoms with Crippen LogP contribution in [0.5, 0.6) is 0 Å². The minimum Gasteiger partial charge on any atom is -0.481 e. The van der Waals surface area contributed by atoms with Gasteiger partial charge in [0.2, 0.25) is 5.91 Å². The highest BCUT2D eigenvalue weighted by atomic mass is 16.5. The van der Waals surface area contributed by atoms with Crippen LogP contribution in [0.2, 0.25) is 0 Å². The third-order valence-electron chi connectivity index (χ3n) is 2.68. The Morgan fingerprint density at radius 3 is 2.82 bits per heavy atom. The molecule has 0 spiro atoms. The van der Waals surface area contributed by atoms with E-state index in [1.54, 1.807) is 11.8 Å². The summed E-state index contributed by atoms with van der Waals surface area (Å²) in [7, 11) is 0. The first-order valence-electron chi connectivity index (χ1n) is 5.84. The molecule has 5 heteroatoms. The topological polar surface area (TPSA) is 66.8 Å². The second-order valence-corrected chi connectivity index (χ2v) is 4.14. The lowest BCUT2D eigenvalue weighted by atomic mass is 10.1. The van der Waals surface area contributed by atoms with Crippen molar-refractivity contribution in [1.82, 2.24) is 4.90 Å². The number of carbonyl (C=O) groups excluding carboxylic acids is 1. The molecule has 1 amide bonds. The minimum atomic E-state index is -0.898. The molecular weight excluding hydrogens is 222 g/mol. The van der Waals surface area contributed by atoms with Crippen molar-refractivity contribution in [3.63, 3.8) is 0 Å². The Hall–Kier alpha value is -1.36. The quantitative estimate of drug-likeness (QED) is 0.747. The lowest BCUT2D eigenvalue weighted by Crippen LogP contribution is -2.46. The van der Waals surface area contributed by atoms with Gasteiger partial charge in [0, 0.05) is 18.7 Å². The maximum Gasteiger partial charge on any atom is 0.306 e. The Labute approximate surface area is 101 Å². The molecule has 1 aliphatic heterocycles. The molecule has 0 radical (unpaired) electrons. The molecule has 0 aliphatic carbocycles. The minimum absolute atomic E-state index is 0.0226. The summed E-state index contributed by atoms with van der Waals surface area (Å²) >= 11 is 0. The zero-order valence-electron chi connectivity index (χ0n) is 10.3. The fourth-order valence-corrected chi connectivity index (χ4v) is 1.86. The highest BCUT2D eigenvalue weighted by Gasteiger charge is 2.26. The first-order chi connectivity index (χ1) is 8.04. The Morgan fingerprint density at radius 1 is 1.53 bits per heavy atom. The van der Waals surface area contributed by atoms with Crippen molar-refractivity contribution >= 4 is 11.9 Å². The summed E-state index contributed by atoms with van der Waals surface area (Å²) in [5, 5.41) is 8.69. The fraction of sp³-hybridized carbons (Fsp3) is 0.667. The van der Waals surface area contributed by atoms with E-state index >= 15 is 0 Å². The Bertz CT molecular complexity index is 324. The number of morpholine rings is 1. The standard InChI is InChI=1S/C12H19NO4/c1-3-4-9(2)12(16)13-5-6-17-10(8-13)7-11(14)15/h4,10H,3,5-8H2,1-2H3,(H,14,15)/b9-4+/t10-/m1/s1. The number of amides is 1. The highest BCUT2D eigenvalue weighted by Crippen LogP contribution is 2.12. The summed E-state index contributed by atoms with van der Waals surface area (Å²) in [6, 6.07) is 0. The summed E-state index contributed by atoms with van der Waals surface area (Å²) in [4.78, 5) is 24.2. The molecule has 96 valence electrons. The van der Waals surface area contributed by atoms with E-state index in [1.165, 1.54) is 0 Å². The Kier molecular flexibility index (Phi) is 5.15. The van der Waals surface area contributed by atoms with E-state index in [1.807, 2.05) is 13.0 Å². The number of hydrogen-bond acceptors (Lipinski definition) is 3. The SMILES string of the molecule is CC/C=C(\C)C(=O)N1CCO[C@H](CC(=O)O)C1. The summed E-state index contributed by atoms with van der Waals surface area (Å²) in [6.07, 6.45) is 2.25. The smallest absolute Gasteiger partial charge is 0.306 e. The largest absolute Gasteiger partial charge is 0.481 e. The number of aliphatic carboxylic acids is 1. The van der Waals surface area contributed by atoms with E-state index in [0.29, 0.717) is 25.3 Å². The molecule has 1 atom stereocenters. The predicted octanol–water partition coefficient (Wildman–Crippen LogP) is 1.04. The van der Waals surface area contributed by atoms with Crippen LogP contribution >= 0.6 is 0 Å². The van der Waals surface area contributed by atoms with Gasteiger partial charge in [-0.15, -0.1) is 0 Å². The van der Waals surface area contributed by atoms with Gasteiger partial charge in [0.15, 0.2) is 0 Å². The summed E-state index contributed by atoms with van der Waals surface area (Å²) < 4.78 is 5.31. The summed E-state index contributed by atoms with van der Waals surface area (Å²) in [5.74, 6) is -0.921. The third-order valence-corrected chi connectivity index (χ3v) is 2.68. The molecule has 0 bridgehead atoms. The zero-order valence-corrected chi connectivity index (χ0v) is 10.3. The van der Waals surface area contributed by atoms with Crippen molar-refractivity contribution in [2.45, 2.75) is 32.8 Å². The van der Waals surface area contributed by atoms with Gasteiger partial charge in [0.1, 0.15) is 0 Å². The van der Waals surface area contributed by atoms with E-state index in [-0.39, 0.29) is 18.4 Å². The summed E-state index contributed by atoms with van der Waals surface area (Å²) in [6.45, 7) is 5.06. The molecule has 1 rings (SSSR count). The van der Waals surface area contributed by atoms with E-state index in [9.17, 15) is 9.59 Å². The second-order valence-electron chi connectivity index (χ2n) is 4.14. The average molecular weight is 241 g/mol. The molecule has 1 aliphatic rings. The third kappa shape index (κ3) is 4.19. The van der Waals surface area contributed by atoms with Crippen LogP contribution in [0.1, 0.15) is 26.7 Å². The van der Waals surface area contributed by atoms with Gasteiger partial charge in [-0.2, -0.15) is 0 Å². The monoisotopic (exact) mass is 241 g/mol. The van der Waals surface area contributed by atoms with Crippen molar-refractivity contribution in [3.8, 4) is 0 Å². The molecule has 0 saturated carbocycles. The number of carboxylic acids is 1. The second kappa shape index (κ2) is 6.39. The summed E-state index contributed by atoms with van der Waals surface area (Å²) in [5.41, 5.74) is 0.712. The lowest BCUT2D eigenvalue weighted by molar-refractivity contribution is -0.146. The van der Waals surface area contributed by atoms with Crippen LogP contribution in [0.4, 0.5) is 0 Å². The Morgan fingerprint density at radius 2 is 2.24 bits per heavy atom. The number of nitrogens with zero attached hydrogens (tertiary/aromatic N) is 1. The maximum absolute atomic E-state index is 12.0. The predicted molar refractivity (Wildman–Crippen MR) is 62.6 cm³/mol. The Balaban J connectivity index is 2.57. The molecule has 1 heterocycles. The first-order valence-corrected chi connectivity index (χ1v) is 5.84. The van der Waals surface area contributed by atoms with E-state index < -0.39 is 5.97 Å². The molecule has 1 fully saturated rings. The van der Waals surface area contributed by atoms with E-state index in [4.69, 9.17) is 9.84 Å². The van der Waals surface area contributed by atoms with Crippen LogP contribution in [0.3, 0.4) is 0 Å². The van der Waals surface area contributed by atoms with Crippen LogP contribution in [-0.4, -0.2) is 47.7 Å². The van der Waals surface area contributed by atoms with Crippen LogP contribution in [-0.2, 0) is 14.3 Å². The normalized spacial score (nSPS) is 21.4. The number of carbonyl (C=O) groups is 2. The number of ether oxygens (including phenoxy) is 1. The molecule has 1 N–H and O–H groups in total. The highest BCUT2D eigenvalue weighted by molar-refractivity contribution is 5.92. The number of allylic oxidation sites excluding steroid dienone is 1. The average Bonchev–Trinajstić information content (AvgIpc) is 2.28. The van der Waals surface area contributed by atoms with E-state index in [0.717, 1.165) is 6.42 Å². The van der Waals surface area contributed by atoms with Crippen molar-refractivity contribution in [3.05, 3.63) is 11.6 Å². The lowest BCUT2D eigenvalue weighted by Gasteiger charge is -2.32. The first kappa shape index (κ1) is 13.7. The molecule has 0 aromatic rings. The van der Waals surface area contributed by atoms with E-state index in [2.05, 4.69) is 0 Å². The van der Waals surface area contributed by atoms with Crippen molar-refractivity contribution in [2.24, 2.45) is 0 Å². The van der Waals surface area contributed by atoms with Crippen LogP contribution in [0.15, 0.2) is 11.6 Å². The molecular formula is C12H19NO4. The van der Waals surface area contributed by atoms with Gasteiger partial charge >= 0.3 is 5.97 Å². The van der Waals surface area contributed by atoms with Gasteiger partial charge in [-0.25, -0.2) is 0 Å². The van der Waals surface area contributed by atoms with Gasteiger partial charge in [-0.3, -0.25) is 9.59 Å². The molecule has 5 nitrogen and oxygen atoms in total. The van der Waals surface area contributed by atoms with Crippen LogP contribution in [0.25, 0.3) is 0 Å². The van der Waals surface area contributed by atoms with Gasteiger partial charge < -0.3 is 14.7 Å². The maximum atomic E-state index is 12.0. The van der Waals surface area contributed by atoms with Gasteiger partial charge in [-0.1, -0.05) is 13.0 Å². The van der Waals surface area contributed by atoms with Crippen molar-refractivity contribution in [2.75, 3.05) is 19.7 Å². The molecule has 0 aromatic heterocycles. The van der Waals surface area contributed by atoms with Crippen molar-refractivity contribution in [1.29, 1.82) is 0 Å². The molecule has 0 unspecified atom stereocenters. The molecule has 0 aromatic carbocycles. The van der Waals surface area contributed by atoms with Crippen LogP contribution in [0, 0.1) is 0 Å². The van der Waals surface area contributed by atoms with Gasteiger partial charge in [0.25, 0.3) is 0 Å². The van der Waals surface area contributed by atoms with Crippen LogP contribution < -0.4 is 0 Å². The number of rotatable bonds is 4. The van der Waals surface area contributed by atoms with Gasteiger partial charge in [-0.05, 0) is 13.3 Å². The van der Waals surface area contributed by atoms with Gasteiger partial charge in [0.05, 0.1) is 19.1 Å². The zero-order chi connectivity index (χ0) is 12.8. The molecule has 17 heavy (non-hydrogen) atoms. The fourth-order valence-electron chi connectivity index (χ4n) is 1.86. The number of carboxylic acid groups (broad SMARTS) is 1. The molecule has 1 saturated heterocycles. The van der Waals surface area contributed by atoms with Crippen molar-refractivity contribution < 1.29 is 19.4 Å².